The van der Waals surface area contributed by atoms with Crippen LogP contribution in [0.2, 0.25) is 0 Å². The van der Waals surface area contributed by atoms with Gasteiger partial charge in [-0.05, 0) is 42.7 Å². The smallest absolute Gasteiger partial charge is 0.407 e. The van der Waals surface area contributed by atoms with Crippen molar-refractivity contribution in [3.63, 3.8) is 0 Å². The average Bonchev–Trinajstić information content (AvgIpc) is 2.67. The summed E-state index contributed by atoms with van der Waals surface area (Å²) in [5.74, 6) is -0.185. The van der Waals surface area contributed by atoms with Gasteiger partial charge >= 0.3 is 6.09 Å². The number of anilines is 2. The van der Waals surface area contributed by atoms with Gasteiger partial charge in [0, 0.05) is 30.6 Å². The number of methoxy groups -OCH3 is 1. The Hall–Kier alpha value is -3.06. The average molecular weight is 383 g/mol. The van der Waals surface area contributed by atoms with Crippen LogP contribution < -0.4 is 16.0 Å². The maximum Gasteiger partial charge on any atom is 0.407 e. The van der Waals surface area contributed by atoms with Crippen LogP contribution in [0.15, 0.2) is 54.6 Å². The lowest BCUT2D eigenvalue weighted by Gasteiger charge is -2.36. The summed E-state index contributed by atoms with van der Waals surface area (Å²) in [5, 5.41) is 9.05. The molecule has 0 radical (unpaired) electrons. The van der Waals surface area contributed by atoms with E-state index in [1.165, 1.54) is 7.11 Å². The third-order valence-corrected chi connectivity index (χ3v) is 4.49. The Balaban J connectivity index is 1.34. The molecule has 0 heterocycles. The number of carbonyl (C=O) groups is 2. The Morgan fingerprint density at radius 1 is 0.964 bits per heavy atom. The van der Waals surface area contributed by atoms with Gasteiger partial charge < -0.3 is 25.4 Å². The summed E-state index contributed by atoms with van der Waals surface area (Å²) in [4.78, 5) is 23.3. The van der Waals surface area contributed by atoms with Crippen molar-refractivity contribution in [1.29, 1.82) is 0 Å². The standard InChI is InChI=1S/C21H25N3O4/c1-27-14-20(25)23-17-9-7-16(8-10-17)22-18-11-19(12-18)24-21(26)28-13-15-5-3-2-4-6-15/h2-10,18-19,22H,11-14H2,1H3,(H,23,25)(H,24,26). The molecule has 7 heteroatoms. The summed E-state index contributed by atoms with van der Waals surface area (Å²) in [5.41, 5.74) is 2.66. The van der Waals surface area contributed by atoms with Gasteiger partial charge in [0.15, 0.2) is 0 Å². The highest BCUT2D eigenvalue weighted by Crippen LogP contribution is 2.25. The molecule has 0 spiro atoms. The summed E-state index contributed by atoms with van der Waals surface area (Å²) >= 11 is 0. The Bertz CT molecular complexity index is 774. The summed E-state index contributed by atoms with van der Waals surface area (Å²) in [6, 6.07) is 17.5. The van der Waals surface area contributed by atoms with Crippen LogP contribution in [0.4, 0.5) is 16.2 Å². The van der Waals surface area contributed by atoms with E-state index in [2.05, 4.69) is 16.0 Å². The SMILES string of the molecule is COCC(=O)Nc1ccc(NC2CC(NC(=O)OCc3ccccc3)C2)cc1. The Morgan fingerprint density at radius 2 is 1.64 bits per heavy atom. The monoisotopic (exact) mass is 383 g/mol. The van der Waals surface area contributed by atoms with Crippen molar-refractivity contribution in [2.75, 3.05) is 24.4 Å². The summed E-state index contributed by atoms with van der Waals surface area (Å²) < 4.78 is 10.0. The van der Waals surface area contributed by atoms with E-state index >= 15 is 0 Å². The molecular weight excluding hydrogens is 358 g/mol. The van der Waals surface area contributed by atoms with Gasteiger partial charge in [-0.15, -0.1) is 0 Å². The molecule has 2 amide bonds. The largest absolute Gasteiger partial charge is 0.445 e. The van der Waals surface area contributed by atoms with E-state index < -0.39 is 0 Å². The molecule has 1 aliphatic rings. The second kappa shape index (κ2) is 9.75. The number of benzene rings is 2. The summed E-state index contributed by atoms with van der Waals surface area (Å²) in [6.45, 7) is 0.304. The molecule has 2 aromatic rings. The molecule has 0 aromatic heterocycles. The van der Waals surface area contributed by atoms with Crippen LogP contribution >= 0.6 is 0 Å². The highest BCUT2D eigenvalue weighted by molar-refractivity contribution is 5.91. The van der Waals surface area contributed by atoms with E-state index in [0.717, 1.165) is 29.8 Å². The van der Waals surface area contributed by atoms with Crippen molar-refractivity contribution < 1.29 is 19.1 Å². The molecule has 0 aliphatic heterocycles. The van der Waals surface area contributed by atoms with E-state index in [1.807, 2.05) is 54.6 Å². The Morgan fingerprint density at radius 3 is 2.32 bits per heavy atom. The number of hydrogen-bond acceptors (Lipinski definition) is 5. The van der Waals surface area contributed by atoms with Crippen molar-refractivity contribution in [3.8, 4) is 0 Å². The highest BCUT2D eigenvalue weighted by atomic mass is 16.5. The topological polar surface area (TPSA) is 88.7 Å². The highest BCUT2D eigenvalue weighted by Gasteiger charge is 2.30. The third-order valence-electron chi connectivity index (χ3n) is 4.49. The van der Waals surface area contributed by atoms with E-state index in [9.17, 15) is 9.59 Å². The molecule has 148 valence electrons. The number of ether oxygens (including phenoxy) is 2. The van der Waals surface area contributed by atoms with Crippen LogP contribution in [0.5, 0.6) is 0 Å². The minimum Gasteiger partial charge on any atom is -0.445 e. The first kappa shape index (κ1) is 19.7. The van der Waals surface area contributed by atoms with Crippen LogP contribution in [-0.2, 0) is 20.9 Å². The molecule has 7 nitrogen and oxygen atoms in total. The van der Waals surface area contributed by atoms with Gasteiger partial charge in [-0.2, -0.15) is 0 Å². The van der Waals surface area contributed by atoms with Crippen molar-refractivity contribution >= 4 is 23.4 Å². The molecular formula is C21H25N3O4. The Kier molecular flexibility index (Phi) is 6.86. The number of carbonyl (C=O) groups excluding carboxylic acids is 2. The van der Waals surface area contributed by atoms with Gasteiger partial charge in [-0.1, -0.05) is 30.3 Å². The van der Waals surface area contributed by atoms with Crippen molar-refractivity contribution in [2.24, 2.45) is 0 Å². The predicted molar refractivity (Wildman–Crippen MR) is 107 cm³/mol. The maximum atomic E-state index is 11.9. The summed E-state index contributed by atoms with van der Waals surface area (Å²) in [6.07, 6.45) is 1.29. The zero-order chi connectivity index (χ0) is 19.8. The van der Waals surface area contributed by atoms with Crippen LogP contribution in [0.1, 0.15) is 18.4 Å². The fraction of sp³-hybridized carbons (Fsp3) is 0.333. The van der Waals surface area contributed by atoms with E-state index in [4.69, 9.17) is 9.47 Å². The lowest BCUT2D eigenvalue weighted by molar-refractivity contribution is -0.119. The quantitative estimate of drug-likeness (QED) is 0.652. The van der Waals surface area contributed by atoms with Crippen LogP contribution in [-0.4, -0.2) is 37.8 Å². The third kappa shape index (κ3) is 5.99. The zero-order valence-corrected chi connectivity index (χ0v) is 15.8. The first-order valence-electron chi connectivity index (χ1n) is 9.25. The lowest BCUT2D eigenvalue weighted by Crippen LogP contribution is -2.49. The van der Waals surface area contributed by atoms with Crippen LogP contribution in [0.3, 0.4) is 0 Å². The molecule has 3 N–H and O–H groups in total. The van der Waals surface area contributed by atoms with Gasteiger partial charge in [0.25, 0.3) is 0 Å². The van der Waals surface area contributed by atoms with Gasteiger partial charge in [0.1, 0.15) is 13.2 Å². The number of amides is 2. The molecule has 0 atom stereocenters. The molecule has 3 rings (SSSR count). The molecule has 1 saturated carbocycles. The molecule has 1 aliphatic carbocycles. The first-order chi connectivity index (χ1) is 13.6. The van der Waals surface area contributed by atoms with Crippen LogP contribution in [0, 0.1) is 0 Å². The van der Waals surface area contributed by atoms with E-state index in [0.29, 0.717) is 6.04 Å². The van der Waals surface area contributed by atoms with Crippen molar-refractivity contribution in [2.45, 2.75) is 31.5 Å². The van der Waals surface area contributed by atoms with E-state index in [1.54, 1.807) is 0 Å². The molecule has 0 unspecified atom stereocenters. The number of hydrogen-bond donors (Lipinski definition) is 3. The predicted octanol–water partition coefficient (Wildman–Crippen LogP) is 3.14. The molecule has 2 aromatic carbocycles. The van der Waals surface area contributed by atoms with Crippen molar-refractivity contribution in [3.05, 3.63) is 60.2 Å². The minimum atomic E-state index is -0.386. The molecule has 0 bridgehead atoms. The number of alkyl carbamates (subject to hydrolysis) is 1. The normalized spacial score (nSPS) is 17.9. The second-order valence-electron chi connectivity index (χ2n) is 6.77. The maximum absolute atomic E-state index is 11.9. The first-order valence-corrected chi connectivity index (χ1v) is 9.25. The van der Waals surface area contributed by atoms with Gasteiger partial charge in [-0.3, -0.25) is 4.79 Å². The van der Waals surface area contributed by atoms with Crippen LogP contribution in [0.25, 0.3) is 0 Å². The number of rotatable bonds is 8. The van der Waals surface area contributed by atoms with E-state index in [-0.39, 0.29) is 31.3 Å². The number of nitrogens with one attached hydrogen (secondary N) is 3. The fourth-order valence-electron chi connectivity index (χ4n) is 3.00. The lowest BCUT2D eigenvalue weighted by atomic mass is 9.86. The van der Waals surface area contributed by atoms with Crippen molar-refractivity contribution in [1.82, 2.24) is 5.32 Å². The molecule has 28 heavy (non-hydrogen) atoms. The molecule has 0 saturated heterocycles. The molecule has 1 fully saturated rings. The fourth-order valence-corrected chi connectivity index (χ4v) is 3.00. The minimum absolute atomic E-state index is 0.0320. The van der Waals surface area contributed by atoms with Gasteiger partial charge in [0.2, 0.25) is 5.91 Å². The zero-order valence-electron chi connectivity index (χ0n) is 15.8. The summed E-state index contributed by atoms with van der Waals surface area (Å²) in [7, 11) is 1.48. The van der Waals surface area contributed by atoms with Gasteiger partial charge in [-0.25, -0.2) is 4.79 Å². The Labute approximate surface area is 164 Å². The second-order valence-corrected chi connectivity index (χ2v) is 6.77. The van der Waals surface area contributed by atoms with Gasteiger partial charge in [0.05, 0.1) is 0 Å².